The molecule has 1 aliphatic rings. The van der Waals surface area contributed by atoms with E-state index in [0.29, 0.717) is 53.0 Å². The number of halogens is 2. The summed E-state index contributed by atoms with van der Waals surface area (Å²) in [5, 5.41) is 3.76. The van der Waals surface area contributed by atoms with Gasteiger partial charge in [-0.25, -0.2) is 4.98 Å². The number of esters is 1. The number of carbonyl (C=O) groups is 2. The molecule has 8 heteroatoms. The summed E-state index contributed by atoms with van der Waals surface area (Å²) in [6.45, 7) is 1.27. The van der Waals surface area contributed by atoms with Crippen LogP contribution in [0.2, 0.25) is 10.0 Å². The quantitative estimate of drug-likeness (QED) is 0.774. The SMILES string of the molecule is COC(=O)C1CCN(c2ncc(Cl)cc2NC(=O)c2cccc(Cl)c2)CC1. The summed E-state index contributed by atoms with van der Waals surface area (Å²) in [6.07, 6.45) is 2.87. The molecule has 1 amide bonds. The lowest BCUT2D eigenvalue weighted by Gasteiger charge is -2.32. The average Bonchev–Trinajstić information content (AvgIpc) is 2.67. The smallest absolute Gasteiger partial charge is 0.308 e. The molecule has 1 aromatic heterocycles. The van der Waals surface area contributed by atoms with E-state index >= 15 is 0 Å². The number of hydrogen-bond donors (Lipinski definition) is 1. The number of pyridine rings is 1. The van der Waals surface area contributed by atoms with Crippen LogP contribution in [0.1, 0.15) is 23.2 Å². The molecule has 1 N–H and O–H groups in total. The standard InChI is InChI=1S/C19H19Cl2N3O3/c1-27-19(26)12-5-7-24(8-6-12)17-16(10-15(21)11-22-17)23-18(25)13-3-2-4-14(20)9-13/h2-4,9-12H,5-8H2,1H3,(H,23,25). The van der Waals surface area contributed by atoms with Gasteiger partial charge in [-0.15, -0.1) is 0 Å². The molecular weight excluding hydrogens is 389 g/mol. The van der Waals surface area contributed by atoms with Crippen molar-refractivity contribution in [2.45, 2.75) is 12.8 Å². The summed E-state index contributed by atoms with van der Waals surface area (Å²) in [4.78, 5) is 30.7. The van der Waals surface area contributed by atoms with Gasteiger partial charge < -0.3 is 15.0 Å². The Kier molecular flexibility index (Phi) is 6.19. The molecule has 0 atom stereocenters. The fourth-order valence-electron chi connectivity index (χ4n) is 3.09. The molecule has 1 aliphatic heterocycles. The van der Waals surface area contributed by atoms with E-state index in [1.807, 2.05) is 4.90 Å². The second kappa shape index (κ2) is 8.59. The predicted molar refractivity (Wildman–Crippen MR) is 106 cm³/mol. The highest BCUT2D eigenvalue weighted by atomic mass is 35.5. The lowest BCUT2D eigenvalue weighted by atomic mass is 9.97. The molecule has 0 saturated carbocycles. The van der Waals surface area contributed by atoms with E-state index < -0.39 is 0 Å². The van der Waals surface area contributed by atoms with Gasteiger partial charge in [0.25, 0.3) is 5.91 Å². The lowest BCUT2D eigenvalue weighted by molar-refractivity contribution is -0.146. The van der Waals surface area contributed by atoms with Crippen molar-refractivity contribution in [2.24, 2.45) is 5.92 Å². The highest BCUT2D eigenvalue weighted by molar-refractivity contribution is 6.31. The normalized spacial score (nSPS) is 14.7. The van der Waals surface area contributed by atoms with Crippen LogP contribution in [-0.2, 0) is 9.53 Å². The number of nitrogens with zero attached hydrogens (tertiary/aromatic N) is 2. The molecule has 6 nitrogen and oxygen atoms in total. The van der Waals surface area contributed by atoms with Crippen molar-refractivity contribution in [3.8, 4) is 0 Å². The van der Waals surface area contributed by atoms with Gasteiger partial charge in [-0.1, -0.05) is 29.3 Å². The minimum absolute atomic E-state index is 0.108. The summed E-state index contributed by atoms with van der Waals surface area (Å²) in [7, 11) is 1.40. The van der Waals surface area contributed by atoms with Crippen molar-refractivity contribution >= 4 is 46.6 Å². The Labute approximate surface area is 167 Å². The number of anilines is 2. The number of hydrogen-bond acceptors (Lipinski definition) is 5. The van der Waals surface area contributed by atoms with Crippen LogP contribution >= 0.6 is 23.2 Å². The maximum absolute atomic E-state index is 12.6. The van der Waals surface area contributed by atoms with Crippen LogP contribution in [0.4, 0.5) is 11.5 Å². The van der Waals surface area contributed by atoms with E-state index in [4.69, 9.17) is 27.9 Å². The van der Waals surface area contributed by atoms with Gasteiger partial charge in [-0.3, -0.25) is 9.59 Å². The van der Waals surface area contributed by atoms with E-state index in [9.17, 15) is 9.59 Å². The summed E-state index contributed by atoms with van der Waals surface area (Å²) in [5.41, 5.74) is 0.960. The maximum atomic E-state index is 12.6. The van der Waals surface area contributed by atoms with Gasteiger partial charge in [0.05, 0.1) is 23.7 Å². The number of piperidine rings is 1. The van der Waals surface area contributed by atoms with E-state index in [1.54, 1.807) is 36.5 Å². The van der Waals surface area contributed by atoms with E-state index in [0.717, 1.165) is 0 Å². The third-order valence-corrected chi connectivity index (χ3v) is 4.94. The Hall–Kier alpha value is -2.31. The number of amides is 1. The summed E-state index contributed by atoms with van der Waals surface area (Å²) >= 11 is 12.0. The Morgan fingerprint density at radius 1 is 1.19 bits per heavy atom. The summed E-state index contributed by atoms with van der Waals surface area (Å²) in [5.74, 6) is 0.0293. The van der Waals surface area contributed by atoms with Crippen LogP contribution in [0.25, 0.3) is 0 Å². The van der Waals surface area contributed by atoms with Crippen LogP contribution < -0.4 is 10.2 Å². The van der Waals surface area contributed by atoms with Crippen LogP contribution in [0.5, 0.6) is 0 Å². The highest BCUT2D eigenvalue weighted by Crippen LogP contribution is 2.30. The van der Waals surface area contributed by atoms with Crippen molar-refractivity contribution in [3.63, 3.8) is 0 Å². The molecule has 0 spiro atoms. The molecule has 0 aliphatic carbocycles. The number of ether oxygens (including phenoxy) is 1. The first kappa shape index (κ1) is 19.5. The van der Waals surface area contributed by atoms with Crippen LogP contribution in [-0.4, -0.2) is 37.1 Å². The molecule has 0 bridgehead atoms. The predicted octanol–water partition coefficient (Wildman–Crippen LogP) is 4.03. The van der Waals surface area contributed by atoms with Gasteiger partial charge >= 0.3 is 5.97 Å². The number of carbonyl (C=O) groups excluding carboxylic acids is 2. The monoisotopic (exact) mass is 407 g/mol. The molecule has 3 rings (SSSR count). The molecule has 142 valence electrons. The third kappa shape index (κ3) is 4.70. The van der Waals surface area contributed by atoms with Crippen molar-refractivity contribution in [1.82, 2.24) is 4.98 Å². The maximum Gasteiger partial charge on any atom is 0.308 e. The van der Waals surface area contributed by atoms with Crippen molar-refractivity contribution in [2.75, 3.05) is 30.4 Å². The summed E-state index contributed by atoms with van der Waals surface area (Å²) in [6, 6.07) is 8.36. The number of nitrogens with one attached hydrogen (secondary N) is 1. The van der Waals surface area contributed by atoms with Gasteiger partial charge in [0.1, 0.15) is 0 Å². The van der Waals surface area contributed by atoms with Crippen molar-refractivity contribution in [1.29, 1.82) is 0 Å². The number of methoxy groups -OCH3 is 1. The van der Waals surface area contributed by atoms with Crippen LogP contribution in [0.3, 0.4) is 0 Å². The third-order valence-electron chi connectivity index (χ3n) is 4.50. The zero-order chi connectivity index (χ0) is 19.4. The fraction of sp³-hybridized carbons (Fsp3) is 0.316. The average molecular weight is 408 g/mol. The second-order valence-electron chi connectivity index (χ2n) is 6.27. The molecule has 27 heavy (non-hydrogen) atoms. The molecule has 0 radical (unpaired) electrons. The molecule has 0 unspecified atom stereocenters. The van der Waals surface area contributed by atoms with Crippen LogP contribution in [0, 0.1) is 5.92 Å². The van der Waals surface area contributed by atoms with Crippen molar-refractivity contribution in [3.05, 3.63) is 52.1 Å². The molecule has 2 aromatic rings. The van der Waals surface area contributed by atoms with Gasteiger partial charge in [0, 0.05) is 29.9 Å². The zero-order valence-electron chi connectivity index (χ0n) is 14.7. The molecular formula is C19H19Cl2N3O3. The van der Waals surface area contributed by atoms with Crippen LogP contribution in [0.15, 0.2) is 36.5 Å². The van der Waals surface area contributed by atoms with E-state index in [2.05, 4.69) is 10.3 Å². The summed E-state index contributed by atoms with van der Waals surface area (Å²) < 4.78 is 4.82. The largest absolute Gasteiger partial charge is 0.469 e. The minimum atomic E-state index is -0.299. The molecule has 1 aromatic carbocycles. The first-order valence-corrected chi connectivity index (χ1v) is 9.28. The van der Waals surface area contributed by atoms with E-state index in [-0.39, 0.29) is 17.8 Å². The Balaban J connectivity index is 1.78. The second-order valence-corrected chi connectivity index (χ2v) is 7.15. The highest BCUT2D eigenvalue weighted by Gasteiger charge is 2.27. The van der Waals surface area contributed by atoms with Gasteiger partial charge in [-0.2, -0.15) is 0 Å². The Bertz CT molecular complexity index is 852. The van der Waals surface area contributed by atoms with Crippen molar-refractivity contribution < 1.29 is 14.3 Å². The number of aromatic nitrogens is 1. The topological polar surface area (TPSA) is 71.5 Å². The first-order valence-electron chi connectivity index (χ1n) is 8.53. The zero-order valence-corrected chi connectivity index (χ0v) is 16.3. The molecule has 1 fully saturated rings. The van der Waals surface area contributed by atoms with Gasteiger partial charge in [0.2, 0.25) is 0 Å². The Morgan fingerprint density at radius 2 is 1.93 bits per heavy atom. The van der Waals surface area contributed by atoms with Gasteiger partial charge in [0.15, 0.2) is 5.82 Å². The lowest BCUT2D eigenvalue weighted by Crippen LogP contribution is -2.37. The fourth-order valence-corrected chi connectivity index (χ4v) is 3.44. The molecule has 2 heterocycles. The minimum Gasteiger partial charge on any atom is -0.469 e. The molecule has 1 saturated heterocycles. The van der Waals surface area contributed by atoms with Gasteiger partial charge in [-0.05, 0) is 37.1 Å². The van der Waals surface area contributed by atoms with E-state index in [1.165, 1.54) is 7.11 Å². The number of rotatable bonds is 4. The Morgan fingerprint density at radius 3 is 2.59 bits per heavy atom. The number of benzene rings is 1. The first-order chi connectivity index (χ1) is 13.0.